The Labute approximate surface area is 203 Å². The molecule has 7 heteroatoms. The van der Waals surface area contributed by atoms with Gasteiger partial charge < -0.3 is 19.0 Å². The van der Waals surface area contributed by atoms with Crippen molar-refractivity contribution in [3.8, 4) is 22.3 Å². The smallest absolute Gasteiger partial charge is 0.344 e. The van der Waals surface area contributed by atoms with Crippen LogP contribution in [0.15, 0.2) is 58.3 Å². The lowest BCUT2D eigenvalue weighted by Gasteiger charge is -2.17. The Morgan fingerprint density at radius 1 is 1.18 bits per heavy atom. The second-order valence-corrected chi connectivity index (χ2v) is 10.1. The lowest BCUT2D eigenvalue weighted by molar-refractivity contribution is -0.145. The Kier molecular flexibility index (Phi) is 6.93. The van der Waals surface area contributed by atoms with Crippen molar-refractivity contribution in [2.75, 3.05) is 0 Å². The summed E-state index contributed by atoms with van der Waals surface area (Å²) in [6.07, 6.45) is 0.290. The molecule has 0 spiro atoms. The summed E-state index contributed by atoms with van der Waals surface area (Å²) in [5.41, 5.74) is 2.59. The maximum absolute atomic E-state index is 11.5. The van der Waals surface area contributed by atoms with E-state index in [1.54, 1.807) is 17.4 Å². The van der Waals surface area contributed by atoms with Crippen LogP contribution in [0, 0.1) is 0 Å². The maximum atomic E-state index is 11.5. The zero-order valence-corrected chi connectivity index (χ0v) is 20.6. The molecule has 0 aliphatic carbocycles. The lowest BCUT2D eigenvalue weighted by Crippen LogP contribution is -2.27. The molecule has 2 aromatic carbocycles. The third kappa shape index (κ3) is 5.42. The molecule has 1 atom stereocenters. The van der Waals surface area contributed by atoms with Crippen molar-refractivity contribution < 1.29 is 23.8 Å². The zero-order valence-electron chi connectivity index (χ0n) is 19.8. The molecule has 6 nitrogen and oxygen atoms in total. The number of aromatic nitrogens is 1. The Hall–Kier alpha value is -3.32. The molecule has 0 aliphatic heterocycles. The van der Waals surface area contributed by atoms with Crippen LogP contribution in [-0.4, -0.2) is 22.2 Å². The van der Waals surface area contributed by atoms with Crippen molar-refractivity contribution in [1.82, 2.24) is 4.98 Å². The molecule has 0 saturated carbocycles. The highest BCUT2D eigenvalue weighted by molar-refractivity contribution is 7.13. The van der Waals surface area contributed by atoms with Gasteiger partial charge in [-0.2, -0.15) is 0 Å². The van der Waals surface area contributed by atoms with E-state index >= 15 is 0 Å². The Balaban J connectivity index is 1.50. The number of rotatable bonds is 9. The number of hydrogen-bond donors (Lipinski definition) is 1. The van der Waals surface area contributed by atoms with Gasteiger partial charge in [0.1, 0.15) is 23.7 Å². The summed E-state index contributed by atoms with van der Waals surface area (Å²) in [5.74, 6) is 0.983. The monoisotopic (exact) mass is 479 g/mol. The highest BCUT2D eigenvalue weighted by Crippen LogP contribution is 2.34. The van der Waals surface area contributed by atoms with Crippen LogP contribution in [0.5, 0.6) is 11.5 Å². The quantitative estimate of drug-likeness (QED) is 0.277. The third-order valence-electron chi connectivity index (χ3n) is 5.43. The van der Waals surface area contributed by atoms with Gasteiger partial charge in [0.15, 0.2) is 16.9 Å². The molecule has 0 fully saturated rings. The van der Waals surface area contributed by atoms with E-state index in [0.717, 1.165) is 39.4 Å². The number of benzene rings is 2. The first-order valence-corrected chi connectivity index (χ1v) is 12.2. The highest BCUT2D eigenvalue weighted by atomic mass is 32.1. The predicted molar refractivity (Wildman–Crippen MR) is 134 cm³/mol. The fraction of sp³-hybridized carbons (Fsp3) is 0.333. The molecule has 0 bridgehead atoms. The number of carboxylic acid groups (broad SMARTS) is 1. The molecule has 34 heavy (non-hydrogen) atoms. The van der Waals surface area contributed by atoms with E-state index in [0.29, 0.717) is 17.9 Å². The Morgan fingerprint density at radius 2 is 1.97 bits per heavy atom. The van der Waals surface area contributed by atoms with Gasteiger partial charge in [0.2, 0.25) is 0 Å². The van der Waals surface area contributed by atoms with E-state index in [1.807, 2.05) is 49.4 Å². The van der Waals surface area contributed by atoms with E-state index in [9.17, 15) is 9.90 Å². The van der Waals surface area contributed by atoms with Gasteiger partial charge in [0, 0.05) is 21.7 Å². The van der Waals surface area contributed by atoms with Crippen molar-refractivity contribution in [2.24, 2.45) is 0 Å². The van der Waals surface area contributed by atoms with Gasteiger partial charge in [0.25, 0.3) is 0 Å². The summed E-state index contributed by atoms with van der Waals surface area (Å²) in [7, 11) is 0. The molecule has 0 radical (unpaired) electrons. The zero-order chi connectivity index (χ0) is 24.3. The van der Waals surface area contributed by atoms with Gasteiger partial charge >= 0.3 is 5.97 Å². The molecule has 0 saturated heterocycles. The summed E-state index contributed by atoms with van der Waals surface area (Å²) in [6, 6.07) is 15.0. The van der Waals surface area contributed by atoms with Crippen LogP contribution in [0.4, 0.5) is 0 Å². The number of fused-ring (bicyclic) bond motifs is 1. The Morgan fingerprint density at radius 3 is 2.68 bits per heavy atom. The summed E-state index contributed by atoms with van der Waals surface area (Å²) < 4.78 is 17.8. The van der Waals surface area contributed by atoms with Crippen molar-refractivity contribution >= 4 is 28.3 Å². The molecular weight excluding hydrogens is 450 g/mol. The average Bonchev–Trinajstić information content (AvgIpc) is 3.45. The Bertz CT molecular complexity index is 1280. The number of carbonyl (C=O) groups is 1. The maximum Gasteiger partial charge on any atom is 0.344 e. The van der Waals surface area contributed by atoms with Crippen LogP contribution in [0.3, 0.4) is 0 Å². The summed E-state index contributed by atoms with van der Waals surface area (Å²) in [6.45, 7) is 8.62. The number of aliphatic carboxylic acids is 1. The minimum atomic E-state index is -0.964. The normalized spacial score (nSPS) is 12.6. The third-order valence-corrected chi connectivity index (χ3v) is 6.29. The van der Waals surface area contributed by atoms with Crippen LogP contribution in [-0.2, 0) is 16.8 Å². The molecule has 178 valence electrons. The van der Waals surface area contributed by atoms with E-state index < -0.39 is 12.1 Å². The molecule has 2 aromatic heterocycles. The number of thiazole rings is 1. The highest BCUT2D eigenvalue weighted by Gasteiger charge is 2.21. The molecule has 4 rings (SSSR count). The number of nitrogens with zero attached hydrogens (tertiary/aromatic N) is 1. The fourth-order valence-electron chi connectivity index (χ4n) is 3.50. The van der Waals surface area contributed by atoms with Crippen molar-refractivity contribution in [3.63, 3.8) is 0 Å². The van der Waals surface area contributed by atoms with Gasteiger partial charge in [-0.1, -0.05) is 52.3 Å². The van der Waals surface area contributed by atoms with E-state index in [4.69, 9.17) is 18.9 Å². The first kappa shape index (κ1) is 23.8. The van der Waals surface area contributed by atoms with Crippen LogP contribution >= 0.6 is 11.3 Å². The lowest BCUT2D eigenvalue weighted by atomic mass is 9.93. The molecular formula is C27H29NO5S. The number of ether oxygens (including phenoxy) is 2. The molecule has 2 heterocycles. The minimum Gasteiger partial charge on any atom is -0.489 e. The van der Waals surface area contributed by atoms with Gasteiger partial charge in [0.05, 0.1) is 5.69 Å². The minimum absolute atomic E-state index is 0.0111. The van der Waals surface area contributed by atoms with Crippen LogP contribution < -0.4 is 9.47 Å². The van der Waals surface area contributed by atoms with Crippen LogP contribution in [0.25, 0.3) is 21.7 Å². The molecule has 1 unspecified atom stereocenters. The second kappa shape index (κ2) is 9.89. The van der Waals surface area contributed by atoms with E-state index in [1.165, 1.54) is 0 Å². The van der Waals surface area contributed by atoms with Gasteiger partial charge in [-0.3, -0.25) is 0 Å². The van der Waals surface area contributed by atoms with E-state index in [-0.39, 0.29) is 12.0 Å². The number of carboxylic acids is 1. The fourth-order valence-corrected chi connectivity index (χ4v) is 4.49. The summed E-state index contributed by atoms with van der Waals surface area (Å²) in [4.78, 5) is 16.2. The SMILES string of the molecule is CCCC(Oc1ccccc1COc1ccc2oc(-c3nc(C(C)(C)C)cs3)cc2c1)C(=O)O. The first-order valence-electron chi connectivity index (χ1n) is 11.3. The molecule has 4 aromatic rings. The summed E-state index contributed by atoms with van der Waals surface area (Å²) in [5, 5.41) is 13.3. The number of furan rings is 1. The molecule has 1 N–H and O–H groups in total. The average molecular weight is 480 g/mol. The van der Waals surface area contributed by atoms with Crippen LogP contribution in [0.1, 0.15) is 51.8 Å². The van der Waals surface area contributed by atoms with Gasteiger partial charge in [-0.15, -0.1) is 11.3 Å². The van der Waals surface area contributed by atoms with Crippen molar-refractivity contribution in [1.29, 1.82) is 0 Å². The standard InChI is InChI=1S/C27H29NO5S/c1-5-8-22(26(29)30)32-20-10-7-6-9-17(20)15-31-19-11-12-21-18(13-19)14-23(33-21)25-28-24(16-34-25)27(2,3)4/h6-7,9-14,16,22H,5,8,15H2,1-4H3,(H,29,30). The second-order valence-electron chi connectivity index (χ2n) is 9.23. The predicted octanol–water partition coefficient (Wildman–Crippen LogP) is 7.06. The van der Waals surface area contributed by atoms with Crippen molar-refractivity contribution in [2.45, 2.75) is 58.7 Å². The molecule has 0 aliphatic rings. The topological polar surface area (TPSA) is 81.8 Å². The largest absolute Gasteiger partial charge is 0.489 e. The summed E-state index contributed by atoms with van der Waals surface area (Å²) >= 11 is 1.58. The van der Waals surface area contributed by atoms with Gasteiger partial charge in [-0.05, 0) is 36.8 Å². The van der Waals surface area contributed by atoms with Crippen LogP contribution in [0.2, 0.25) is 0 Å². The number of para-hydroxylation sites is 1. The number of hydrogen-bond acceptors (Lipinski definition) is 6. The first-order chi connectivity index (χ1) is 16.2. The van der Waals surface area contributed by atoms with Crippen molar-refractivity contribution in [3.05, 3.63) is 65.2 Å². The van der Waals surface area contributed by atoms with E-state index in [2.05, 4.69) is 26.2 Å². The molecule has 0 amide bonds. The van der Waals surface area contributed by atoms with Gasteiger partial charge in [-0.25, -0.2) is 9.78 Å².